The molecule has 200 valence electrons. The Morgan fingerprint density at radius 2 is 1.79 bits per heavy atom. The van der Waals surface area contributed by atoms with E-state index in [9.17, 15) is 9.59 Å². The Morgan fingerprint density at radius 3 is 2.50 bits per heavy atom. The summed E-state index contributed by atoms with van der Waals surface area (Å²) in [6.07, 6.45) is 5.86. The Kier molecular flexibility index (Phi) is 7.54. The van der Waals surface area contributed by atoms with E-state index in [1.54, 1.807) is 4.90 Å². The predicted molar refractivity (Wildman–Crippen MR) is 145 cm³/mol. The van der Waals surface area contributed by atoms with Crippen molar-refractivity contribution in [2.24, 2.45) is 5.92 Å². The summed E-state index contributed by atoms with van der Waals surface area (Å²) in [6, 6.07) is 18.3. The zero-order valence-corrected chi connectivity index (χ0v) is 22.5. The number of H-pyrrole nitrogens is 1. The van der Waals surface area contributed by atoms with Gasteiger partial charge in [0.05, 0.1) is 17.9 Å². The van der Waals surface area contributed by atoms with Crippen LogP contribution in [-0.4, -0.2) is 39.1 Å². The first-order valence-electron chi connectivity index (χ1n) is 13.6. The zero-order valence-electron chi connectivity index (χ0n) is 22.5. The van der Waals surface area contributed by atoms with E-state index in [0.29, 0.717) is 31.4 Å². The van der Waals surface area contributed by atoms with Crippen LogP contribution in [0.25, 0.3) is 11.3 Å². The number of amides is 1. The van der Waals surface area contributed by atoms with E-state index in [2.05, 4.69) is 34.2 Å². The highest BCUT2D eigenvalue weighted by Crippen LogP contribution is 2.44. The van der Waals surface area contributed by atoms with Gasteiger partial charge in [0.2, 0.25) is 0 Å². The summed E-state index contributed by atoms with van der Waals surface area (Å²) in [4.78, 5) is 34.7. The third kappa shape index (κ3) is 6.26. The molecule has 2 aliphatic rings. The number of carbonyl (C=O) groups is 2. The molecular weight excluding hydrogens is 478 g/mol. The molecule has 1 atom stereocenters. The molecule has 0 bridgehead atoms. The third-order valence-electron chi connectivity index (χ3n) is 7.42. The van der Waals surface area contributed by atoms with Crippen molar-refractivity contribution in [3.63, 3.8) is 0 Å². The van der Waals surface area contributed by atoms with Crippen LogP contribution in [0.2, 0.25) is 0 Å². The van der Waals surface area contributed by atoms with Gasteiger partial charge in [-0.05, 0) is 75.0 Å². The smallest absolute Gasteiger partial charge is 0.410 e. The third-order valence-corrected chi connectivity index (χ3v) is 7.42. The molecule has 38 heavy (non-hydrogen) atoms. The lowest BCUT2D eigenvalue weighted by Gasteiger charge is -2.35. The fraction of sp³-hybridized carbons (Fsp3) is 0.452. The Morgan fingerprint density at radius 1 is 1.05 bits per heavy atom. The average molecular weight is 516 g/mol. The highest BCUT2D eigenvalue weighted by molar-refractivity contribution is 5.70. The normalized spacial score (nSPS) is 21.1. The SMILES string of the molecule is CC(C)(C)OC(=O)N1CCC[C@H]1c1ncc(-c2ccc(C3CC(CC(=O)OCc4ccccc4)C3)cc2)[nH]1. The van der Waals surface area contributed by atoms with E-state index >= 15 is 0 Å². The molecule has 0 spiro atoms. The molecule has 0 radical (unpaired) electrons. The molecule has 7 heteroatoms. The molecule has 2 fully saturated rings. The first kappa shape index (κ1) is 26.0. The van der Waals surface area contributed by atoms with Gasteiger partial charge in [-0.2, -0.15) is 0 Å². The summed E-state index contributed by atoms with van der Waals surface area (Å²) in [5, 5.41) is 0. The lowest BCUT2D eigenvalue weighted by Crippen LogP contribution is -2.36. The van der Waals surface area contributed by atoms with Crippen LogP contribution in [-0.2, 0) is 20.9 Å². The van der Waals surface area contributed by atoms with Crippen molar-refractivity contribution >= 4 is 12.1 Å². The molecule has 2 aromatic carbocycles. The number of nitrogens with one attached hydrogen (secondary N) is 1. The number of likely N-dealkylation sites (tertiary alicyclic amines) is 1. The lowest BCUT2D eigenvalue weighted by atomic mass is 9.70. The van der Waals surface area contributed by atoms with E-state index in [0.717, 1.165) is 48.3 Å². The first-order chi connectivity index (χ1) is 18.2. The van der Waals surface area contributed by atoms with Crippen molar-refractivity contribution in [3.8, 4) is 11.3 Å². The maximum atomic E-state index is 12.7. The molecule has 3 aromatic rings. The molecule has 1 saturated heterocycles. The summed E-state index contributed by atoms with van der Waals surface area (Å²) >= 11 is 0. The van der Waals surface area contributed by atoms with E-state index in [1.807, 2.05) is 57.3 Å². The number of hydrogen-bond acceptors (Lipinski definition) is 5. The van der Waals surface area contributed by atoms with E-state index in [1.165, 1.54) is 5.56 Å². The molecule has 1 aliphatic carbocycles. The quantitative estimate of drug-likeness (QED) is 0.351. The van der Waals surface area contributed by atoms with Crippen LogP contribution in [0.15, 0.2) is 60.8 Å². The zero-order chi connectivity index (χ0) is 26.7. The number of ether oxygens (including phenoxy) is 2. The molecule has 1 aliphatic heterocycles. The summed E-state index contributed by atoms with van der Waals surface area (Å²) in [5.41, 5.74) is 3.80. The Labute approximate surface area is 224 Å². The van der Waals surface area contributed by atoms with Crippen LogP contribution in [0.3, 0.4) is 0 Å². The van der Waals surface area contributed by atoms with Crippen molar-refractivity contribution in [1.29, 1.82) is 0 Å². The van der Waals surface area contributed by atoms with Gasteiger partial charge in [0.1, 0.15) is 18.0 Å². The predicted octanol–water partition coefficient (Wildman–Crippen LogP) is 6.78. The van der Waals surface area contributed by atoms with Crippen molar-refractivity contribution < 1.29 is 19.1 Å². The van der Waals surface area contributed by atoms with Crippen molar-refractivity contribution in [2.45, 2.75) is 77.0 Å². The summed E-state index contributed by atoms with van der Waals surface area (Å²) in [7, 11) is 0. The van der Waals surface area contributed by atoms with E-state index in [-0.39, 0.29) is 18.1 Å². The van der Waals surface area contributed by atoms with Gasteiger partial charge in [-0.15, -0.1) is 0 Å². The summed E-state index contributed by atoms with van der Waals surface area (Å²) in [5.74, 6) is 1.55. The van der Waals surface area contributed by atoms with Gasteiger partial charge in [0, 0.05) is 13.0 Å². The molecule has 1 aromatic heterocycles. The summed E-state index contributed by atoms with van der Waals surface area (Å²) < 4.78 is 11.0. The number of aromatic amines is 1. The Bertz CT molecular complexity index is 1240. The van der Waals surface area contributed by atoms with Gasteiger partial charge in [0.25, 0.3) is 0 Å². The van der Waals surface area contributed by atoms with E-state index in [4.69, 9.17) is 9.47 Å². The van der Waals surface area contributed by atoms with Gasteiger partial charge in [0.15, 0.2) is 0 Å². The molecule has 0 unspecified atom stereocenters. The number of benzene rings is 2. The highest BCUT2D eigenvalue weighted by Gasteiger charge is 2.35. The van der Waals surface area contributed by atoms with Crippen LogP contribution in [0, 0.1) is 5.92 Å². The van der Waals surface area contributed by atoms with Gasteiger partial charge in [-0.3, -0.25) is 9.69 Å². The van der Waals surface area contributed by atoms with Gasteiger partial charge in [-0.1, -0.05) is 54.6 Å². The Balaban J connectivity index is 1.12. The maximum Gasteiger partial charge on any atom is 0.410 e. The van der Waals surface area contributed by atoms with Gasteiger partial charge in [-0.25, -0.2) is 9.78 Å². The monoisotopic (exact) mass is 515 g/mol. The molecule has 1 amide bonds. The van der Waals surface area contributed by atoms with Crippen molar-refractivity contribution in [2.75, 3.05) is 6.54 Å². The first-order valence-corrected chi connectivity index (χ1v) is 13.6. The number of imidazole rings is 1. The van der Waals surface area contributed by atoms with Gasteiger partial charge < -0.3 is 14.5 Å². The minimum Gasteiger partial charge on any atom is -0.461 e. The van der Waals surface area contributed by atoms with Crippen molar-refractivity contribution in [1.82, 2.24) is 14.9 Å². The number of aromatic nitrogens is 2. The fourth-order valence-corrected chi connectivity index (χ4v) is 5.38. The lowest BCUT2D eigenvalue weighted by molar-refractivity contribution is -0.146. The second kappa shape index (κ2) is 11.0. The topological polar surface area (TPSA) is 84.5 Å². The minimum absolute atomic E-state index is 0.0934. The summed E-state index contributed by atoms with van der Waals surface area (Å²) in [6.45, 7) is 6.67. The number of rotatable bonds is 7. The van der Waals surface area contributed by atoms with Crippen LogP contribution in [0.1, 0.15) is 81.8 Å². The molecule has 1 N–H and O–H groups in total. The average Bonchev–Trinajstić information content (AvgIpc) is 3.54. The highest BCUT2D eigenvalue weighted by atomic mass is 16.6. The number of hydrogen-bond donors (Lipinski definition) is 1. The van der Waals surface area contributed by atoms with Crippen molar-refractivity contribution in [3.05, 3.63) is 77.7 Å². The van der Waals surface area contributed by atoms with Crippen LogP contribution < -0.4 is 0 Å². The number of esters is 1. The minimum atomic E-state index is -0.521. The Hall–Kier alpha value is -3.61. The van der Waals surface area contributed by atoms with Crippen LogP contribution in [0.5, 0.6) is 0 Å². The molecule has 7 nitrogen and oxygen atoms in total. The van der Waals surface area contributed by atoms with Crippen LogP contribution in [0.4, 0.5) is 4.79 Å². The van der Waals surface area contributed by atoms with Gasteiger partial charge >= 0.3 is 12.1 Å². The molecule has 1 saturated carbocycles. The number of nitrogens with zero attached hydrogens (tertiary/aromatic N) is 2. The maximum absolute atomic E-state index is 12.7. The number of carbonyl (C=O) groups excluding carboxylic acids is 2. The second-order valence-corrected chi connectivity index (χ2v) is 11.5. The van der Waals surface area contributed by atoms with E-state index < -0.39 is 5.60 Å². The van der Waals surface area contributed by atoms with Crippen LogP contribution >= 0.6 is 0 Å². The fourth-order valence-electron chi connectivity index (χ4n) is 5.38. The largest absolute Gasteiger partial charge is 0.461 e. The molecule has 2 heterocycles. The second-order valence-electron chi connectivity index (χ2n) is 11.5. The molecule has 5 rings (SSSR count). The standard InChI is InChI=1S/C31H37N3O4/c1-31(2,3)38-30(36)34-15-7-10-27(34)29-32-19-26(33-29)24-13-11-23(12-14-24)25-16-22(17-25)18-28(35)37-20-21-8-5-4-6-9-21/h4-6,8-9,11-14,19,22,25,27H,7,10,15-18,20H2,1-3H3,(H,32,33)/t22?,25?,27-/m0/s1. The molecular formula is C31H37N3O4.